The number of likely N-dealkylation sites (tertiary alicyclic amines) is 1. The minimum absolute atomic E-state index is 0.164. The van der Waals surface area contributed by atoms with Crippen LogP contribution in [-0.2, 0) is 4.79 Å². The van der Waals surface area contributed by atoms with Crippen molar-refractivity contribution in [1.82, 2.24) is 19.8 Å². The van der Waals surface area contributed by atoms with E-state index in [9.17, 15) is 9.59 Å². The molecule has 0 saturated carbocycles. The van der Waals surface area contributed by atoms with Crippen molar-refractivity contribution in [3.63, 3.8) is 0 Å². The predicted octanol–water partition coefficient (Wildman–Crippen LogP) is 1.97. The summed E-state index contributed by atoms with van der Waals surface area (Å²) in [4.78, 5) is 39.5. The molecule has 2 amide bonds. The van der Waals surface area contributed by atoms with Crippen molar-refractivity contribution < 1.29 is 9.59 Å². The summed E-state index contributed by atoms with van der Waals surface area (Å²) in [5.74, 6) is 0.522. The van der Waals surface area contributed by atoms with E-state index in [1.807, 2.05) is 56.1 Å². The van der Waals surface area contributed by atoms with Crippen LogP contribution in [0.1, 0.15) is 42.2 Å². The lowest BCUT2D eigenvalue weighted by Gasteiger charge is -2.23. The first-order chi connectivity index (χ1) is 14.8. The quantitative estimate of drug-likeness (QED) is 0.696. The fourth-order valence-electron chi connectivity index (χ4n) is 4.04. The topological polar surface area (TPSA) is 95.7 Å². The molecule has 8 heteroatoms. The van der Waals surface area contributed by atoms with Gasteiger partial charge < -0.3 is 15.5 Å². The Morgan fingerprint density at radius 1 is 1.23 bits per heavy atom. The molecule has 0 spiro atoms. The summed E-state index contributed by atoms with van der Waals surface area (Å²) >= 11 is 0. The molecule has 1 saturated heterocycles. The fourth-order valence-corrected chi connectivity index (χ4v) is 4.04. The average molecular weight is 425 g/mol. The normalized spacial score (nSPS) is 16.3. The molecule has 2 N–H and O–H groups in total. The molecule has 0 aliphatic carbocycles. The number of rotatable bonds is 8. The minimum atomic E-state index is -0.462. The lowest BCUT2D eigenvalue weighted by Crippen LogP contribution is -2.39. The van der Waals surface area contributed by atoms with E-state index in [-0.39, 0.29) is 11.8 Å². The molecule has 0 radical (unpaired) electrons. The number of primary amides is 1. The second-order valence-corrected chi connectivity index (χ2v) is 8.10. The molecule has 2 heterocycles. The van der Waals surface area contributed by atoms with E-state index in [2.05, 4.69) is 9.88 Å². The van der Waals surface area contributed by atoms with Gasteiger partial charge in [-0.15, -0.1) is 0 Å². The molecular weight excluding hydrogens is 392 g/mol. The van der Waals surface area contributed by atoms with E-state index in [1.165, 1.54) is 0 Å². The van der Waals surface area contributed by atoms with Crippen LogP contribution in [0.25, 0.3) is 11.1 Å². The molecule has 2 aromatic rings. The number of likely N-dealkylation sites (N-methyl/N-ethyl adjacent to an activating group) is 1. The maximum absolute atomic E-state index is 12.5. The number of carbonyl (C=O) groups is 2. The van der Waals surface area contributed by atoms with E-state index in [0.29, 0.717) is 18.1 Å². The summed E-state index contributed by atoms with van der Waals surface area (Å²) in [7, 11) is 3.83. The van der Waals surface area contributed by atoms with Crippen molar-refractivity contribution >= 4 is 17.8 Å². The molecule has 0 bridgehead atoms. The maximum Gasteiger partial charge on any atom is 0.248 e. The number of hydrogen-bond acceptors (Lipinski definition) is 6. The molecule has 1 aromatic carbocycles. The highest BCUT2D eigenvalue weighted by Gasteiger charge is 2.30. The van der Waals surface area contributed by atoms with Gasteiger partial charge in [-0.1, -0.05) is 12.1 Å². The van der Waals surface area contributed by atoms with Crippen LogP contribution in [0.2, 0.25) is 0 Å². The molecule has 0 unspecified atom stereocenters. The van der Waals surface area contributed by atoms with Crippen LogP contribution in [-0.4, -0.2) is 78.4 Å². The lowest BCUT2D eigenvalue weighted by molar-refractivity contribution is -0.131. The van der Waals surface area contributed by atoms with Gasteiger partial charge in [0, 0.05) is 57.0 Å². The SMILES string of the molecule is CCN(CC)C(=O)CN1CC[C@H](c2nc(N(C)C)ncc2-c2cccc(C(N)=O)c2)C1. The second kappa shape index (κ2) is 9.87. The van der Waals surface area contributed by atoms with Crippen LogP contribution in [0, 0.1) is 0 Å². The molecular formula is C23H32N6O2. The van der Waals surface area contributed by atoms with Gasteiger partial charge >= 0.3 is 0 Å². The summed E-state index contributed by atoms with van der Waals surface area (Å²) in [6.07, 6.45) is 2.74. The number of benzene rings is 1. The average Bonchev–Trinajstić information content (AvgIpc) is 3.22. The molecule has 1 aliphatic rings. The molecule has 1 aliphatic heterocycles. The van der Waals surface area contributed by atoms with E-state index in [4.69, 9.17) is 10.7 Å². The highest BCUT2D eigenvalue weighted by Crippen LogP contribution is 2.34. The molecule has 166 valence electrons. The van der Waals surface area contributed by atoms with E-state index in [1.54, 1.807) is 12.1 Å². The third-order valence-electron chi connectivity index (χ3n) is 5.80. The number of carbonyl (C=O) groups excluding carboxylic acids is 2. The second-order valence-electron chi connectivity index (χ2n) is 8.10. The zero-order valence-electron chi connectivity index (χ0n) is 18.8. The Bertz CT molecular complexity index is 941. The Kier molecular flexibility index (Phi) is 7.22. The highest BCUT2D eigenvalue weighted by atomic mass is 16.2. The van der Waals surface area contributed by atoms with Crippen molar-refractivity contribution in [2.45, 2.75) is 26.2 Å². The van der Waals surface area contributed by atoms with Gasteiger partial charge in [0.25, 0.3) is 0 Å². The summed E-state index contributed by atoms with van der Waals surface area (Å²) in [6, 6.07) is 7.26. The molecule has 3 rings (SSSR count). The molecule has 1 fully saturated rings. The van der Waals surface area contributed by atoms with Crippen molar-refractivity contribution in [3.8, 4) is 11.1 Å². The van der Waals surface area contributed by atoms with Gasteiger partial charge in [-0.25, -0.2) is 9.97 Å². The van der Waals surface area contributed by atoms with Gasteiger partial charge in [-0.2, -0.15) is 0 Å². The van der Waals surface area contributed by atoms with Gasteiger partial charge in [-0.3, -0.25) is 14.5 Å². The largest absolute Gasteiger partial charge is 0.366 e. The van der Waals surface area contributed by atoms with Crippen molar-refractivity contribution in [1.29, 1.82) is 0 Å². The number of aromatic nitrogens is 2. The number of hydrogen-bond donors (Lipinski definition) is 1. The Morgan fingerprint density at radius 2 is 1.97 bits per heavy atom. The summed E-state index contributed by atoms with van der Waals surface area (Å²) in [5.41, 5.74) is 8.64. The Balaban J connectivity index is 1.89. The van der Waals surface area contributed by atoms with Crippen LogP contribution >= 0.6 is 0 Å². The van der Waals surface area contributed by atoms with Crippen LogP contribution in [0.4, 0.5) is 5.95 Å². The molecule has 31 heavy (non-hydrogen) atoms. The standard InChI is InChI=1S/C23H32N6O2/c1-5-29(6-2)20(30)15-28-11-10-18(14-28)21-19(13-25-23(26-21)27(3)4)16-8-7-9-17(12-16)22(24)31/h7-9,12-13,18H,5-6,10-11,14-15H2,1-4H3,(H2,24,31)/t18-/m0/s1. The van der Waals surface area contributed by atoms with Gasteiger partial charge in [0.2, 0.25) is 17.8 Å². The van der Waals surface area contributed by atoms with Gasteiger partial charge in [-0.05, 0) is 44.5 Å². The van der Waals surface area contributed by atoms with Gasteiger partial charge in [0.15, 0.2) is 0 Å². The van der Waals surface area contributed by atoms with Crippen LogP contribution in [0.15, 0.2) is 30.5 Å². The zero-order chi connectivity index (χ0) is 22.5. The first kappa shape index (κ1) is 22.7. The third-order valence-corrected chi connectivity index (χ3v) is 5.80. The first-order valence-electron chi connectivity index (χ1n) is 10.8. The predicted molar refractivity (Wildman–Crippen MR) is 122 cm³/mol. The van der Waals surface area contributed by atoms with Crippen LogP contribution < -0.4 is 10.6 Å². The number of anilines is 1. The van der Waals surface area contributed by atoms with Gasteiger partial charge in [0.1, 0.15) is 0 Å². The van der Waals surface area contributed by atoms with E-state index in [0.717, 1.165) is 49.4 Å². The molecule has 8 nitrogen and oxygen atoms in total. The highest BCUT2D eigenvalue weighted by molar-refractivity contribution is 5.94. The Morgan fingerprint density at radius 3 is 2.61 bits per heavy atom. The third kappa shape index (κ3) is 5.19. The number of amides is 2. The van der Waals surface area contributed by atoms with Gasteiger partial charge in [0.05, 0.1) is 12.2 Å². The van der Waals surface area contributed by atoms with E-state index < -0.39 is 5.91 Å². The smallest absolute Gasteiger partial charge is 0.248 e. The van der Waals surface area contributed by atoms with Crippen LogP contribution in [0.5, 0.6) is 0 Å². The number of nitrogens with two attached hydrogens (primary N) is 1. The Hall–Kier alpha value is -3.00. The summed E-state index contributed by atoms with van der Waals surface area (Å²) in [5, 5.41) is 0. The minimum Gasteiger partial charge on any atom is -0.366 e. The number of nitrogens with zero attached hydrogens (tertiary/aromatic N) is 5. The molecule has 1 atom stereocenters. The van der Waals surface area contributed by atoms with Crippen molar-refractivity contribution in [3.05, 3.63) is 41.7 Å². The maximum atomic E-state index is 12.5. The monoisotopic (exact) mass is 424 g/mol. The Labute approximate surface area is 184 Å². The molecule has 1 aromatic heterocycles. The zero-order valence-corrected chi connectivity index (χ0v) is 18.8. The van der Waals surface area contributed by atoms with Crippen LogP contribution in [0.3, 0.4) is 0 Å². The summed E-state index contributed by atoms with van der Waals surface area (Å²) in [6.45, 7) is 7.50. The van der Waals surface area contributed by atoms with Crippen molar-refractivity contribution in [2.75, 3.05) is 51.7 Å². The van der Waals surface area contributed by atoms with Crippen molar-refractivity contribution in [2.24, 2.45) is 5.73 Å². The summed E-state index contributed by atoms with van der Waals surface area (Å²) < 4.78 is 0. The lowest BCUT2D eigenvalue weighted by atomic mass is 9.95. The first-order valence-corrected chi connectivity index (χ1v) is 10.8. The van der Waals surface area contributed by atoms with E-state index >= 15 is 0 Å². The fraction of sp³-hybridized carbons (Fsp3) is 0.478.